The maximum Gasteiger partial charge on any atom is 0.316 e. The summed E-state index contributed by atoms with van der Waals surface area (Å²) in [4.78, 5) is 11.8. The van der Waals surface area contributed by atoms with Gasteiger partial charge in [0.1, 0.15) is 11.4 Å². The Morgan fingerprint density at radius 3 is 2.59 bits per heavy atom. The van der Waals surface area contributed by atoms with Gasteiger partial charge in [0, 0.05) is 6.42 Å². The van der Waals surface area contributed by atoms with Gasteiger partial charge >= 0.3 is 5.97 Å². The molecular weight excluding hydrogens is 460 g/mol. The van der Waals surface area contributed by atoms with E-state index in [0.29, 0.717) is 16.2 Å². The van der Waals surface area contributed by atoms with Crippen molar-refractivity contribution in [2.24, 2.45) is 46.3 Å². The Hall–Kier alpha value is -0.310. The largest absolute Gasteiger partial charge is 0.461 e. The molecule has 0 aromatic carbocycles. The van der Waals surface area contributed by atoms with Crippen LogP contribution in [-0.2, 0) is 9.53 Å². The smallest absolute Gasteiger partial charge is 0.316 e. The molecule has 0 bridgehead atoms. The quantitative estimate of drug-likeness (QED) is 0.197. The first-order valence-corrected chi connectivity index (χ1v) is 14.8. The zero-order valence-corrected chi connectivity index (χ0v) is 22.9. The molecule has 0 radical (unpaired) electrons. The lowest BCUT2D eigenvalue weighted by molar-refractivity contribution is -0.148. The first-order valence-electron chi connectivity index (χ1n) is 13.6. The van der Waals surface area contributed by atoms with Gasteiger partial charge in [-0.1, -0.05) is 81.5 Å². The van der Waals surface area contributed by atoms with Gasteiger partial charge < -0.3 is 4.74 Å². The number of hydrogen-bond acceptors (Lipinski definition) is 2. The van der Waals surface area contributed by atoms with Gasteiger partial charge in [0.25, 0.3) is 0 Å². The second-order valence-corrected chi connectivity index (χ2v) is 13.3. The molecule has 3 heteroatoms. The average molecular weight is 508 g/mol. The summed E-state index contributed by atoms with van der Waals surface area (Å²) in [6, 6.07) is 0. The lowest BCUT2D eigenvalue weighted by Crippen LogP contribution is -2.51. The fourth-order valence-corrected chi connectivity index (χ4v) is 9.10. The molecule has 2 nitrogen and oxygen atoms in total. The van der Waals surface area contributed by atoms with Crippen molar-refractivity contribution in [3.8, 4) is 0 Å². The number of halogens is 1. The van der Waals surface area contributed by atoms with Gasteiger partial charge in [0.15, 0.2) is 0 Å². The summed E-state index contributed by atoms with van der Waals surface area (Å²) in [5, 5.41) is 0.307. The van der Waals surface area contributed by atoms with Gasteiger partial charge in [-0.2, -0.15) is 0 Å². The number of ether oxygens (including phenoxy) is 1. The van der Waals surface area contributed by atoms with Crippen LogP contribution in [0.5, 0.6) is 0 Å². The third-order valence-corrected chi connectivity index (χ3v) is 11.1. The highest BCUT2D eigenvalue weighted by Gasteiger charge is 2.59. The number of rotatable bonds is 7. The lowest BCUT2D eigenvalue weighted by atomic mass is 9.47. The van der Waals surface area contributed by atoms with Gasteiger partial charge in [-0.3, -0.25) is 4.79 Å². The lowest BCUT2D eigenvalue weighted by Gasteiger charge is -2.58. The number of carbonyl (C=O) groups excluding carboxylic acids is 1. The fourth-order valence-electron chi connectivity index (χ4n) is 8.97. The topological polar surface area (TPSA) is 26.3 Å². The predicted molar refractivity (Wildman–Crippen MR) is 137 cm³/mol. The van der Waals surface area contributed by atoms with E-state index in [4.69, 9.17) is 4.74 Å². The molecule has 32 heavy (non-hydrogen) atoms. The van der Waals surface area contributed by atoms with Crippen LogP contribution in [0.25, 0.3) is 0 Å². The Morgan fingerprint density at radius 2 is 1.88 bits per heavy atom. The van der Waals surface area contributed by atoms with E-state index in [2.05, 4.69) is 56.6 Å². The van der Waals surface area contributed by atoms with Crippen molar-refractivity contribution in [1.29, 1.82) is 0 Å². The van der Waals surface area contributed by atoms with Crippen molar-refractivity contribution in [3.63, 3.8) is 0 Å². The van der Waals surface area contributed by atoms with Crippen LogP contribution in [0.4, 0.5) is 0 Å². The third kappa shape index (κ3) is 4.50. The second kappa shape index (κ2) is 9.74. The van der Waals surface area contributed by atoms with E-state index in [-0.39, 0.29) is 12.1 Å². The Balaban J connectivity index is 1.45. The third-order valence-electron chi connectivity index (χ3n) is 10.7. The highest BCUT2D eigenvalue weighted by Crippen LogP contribution is 2.67. The van der Waals surface area contributed by atoms with Crippen molar-refractivity contribution in [2.75, 3.05) is 5.33 Å². The maximum atomic E-state index is 11.8. The summed E-state index contributed by atoms with van der Waals surface area (Å²) < 4.78 is 5.72. The number of alkyl halides is 1. The SMILES string of the molecule is CC(C)CCC[C@@H](C)[C@H]1CCC2[C@@H]3CC=C4C[C@@H](OC(=O)CBr)CC[C@]4(C)C3CC[C@@]21C. The van der Waals surface area contributed by atoms with Crippen LogP contribution in [0.15, 0.2) is 11.6 Å². The van der Waals surface area contributed by atoms with Crippen LogP contribution in [0.1, 0.15) is 105 Å². The molecule has 4 rings (SSSR count). The number of carbonyl (C=O) groups is 1. The number of esters is 1. The molecular formula is C29H47BrO2. The zero-order valence-electron chi connectivity index (χ0n) is 21.3. The molecule has 0 N–H and O–H groups in total. The molecule has 0 amide bonds. The van der Waals surface area contributed by atoms with Crippen LogP contribution in [-0.4, -0.2) is 17.4 Å². The summed E-state index contributed by atoms with van der Waals surface area (Å²) in [5.41, 5.74) is 2.50. The zero-order chi connectivity index (χ0) is 23.1. The molecule has 0 aromatic rings. The average Bonchev–Trinajstić information content (AvgIpc) is 3.11. The highest BCUT2D eigenvalue weighted by molar-refractivity contribution is 9.09. The molecule has 4 aliphatic carbocycles. The van der Waals surface area contributed by atoms with Crippen LogP contribution in [0, 0.1) is 46.3 Å². The summed E-state index contributed by atoms with van der Waals surface area (Å²) >= 11 is 3.24. The predicted octanol–water partition coefficient (Wildman–Crippen LogP) is 8.33. The van der Waals surface area contributed by atoms with E-state index < -0.39 is 0 Å². The Kier molecular flexibility index (Phi) is 7.55. The molecule has 3 saturated carbocycles. The Morgan fingerprint density at radius 1 is 1.09 bits per heavy atom. The number of allylic oxidation sites excluding steroid dienone is 1. The Labute approximate surface area is 205 Å². The standard InChI is InChI=1S/C29H47BrO2/c1-19(2)7-6-8-20(3)24-11-12-25-23-10-9-21-17-22(32-27(31)18-30)13-15-28(21,4)26(23)14-16-29(24,25)5/h9,19-20,22-26H,6-8,10-18H2,1-5H3/t20-,22+,23+,24-,25?,26?,28+,29-/m1/s1. The van der Waals surface area contributed by atoms with Gasteiger partial charge in [-0.05, 0) is 91.3 Å². The van der Waals surface area contributed by atoms with Crippen molar-refractivity contribution < 1.29 is 9.53 Å². The fraction of sp³-hybridized carbons (Fsp3) is 0.897. The Bertz CT molecular complexity index is 714. The van der Waals surface area contributed by atoms with Gasteiger partial charge in [0.05, 0.1) is 0 Å². The summed E-state index contributed by atoms with van der Waals surface area (Å²) in [7, 11) is 0. The molecule has 0 aromatic heterocycles. The van der Waals surface area contributed by atoms with E-state index in [9.17, 15) is 4.79 Å². The first kappa shape index (κ1) is 24.8. The van der Waals surface area contributed by atoms with Crippen LogP contribution in [0.2, 0.25) is 0 Å². The van der Waals surface area contributed by atoms with Gasteiger partial charge in [-0.15, -0.1) is 0 Å². The molecule has 0 heterocycles. The van der Waals surface area contributed by atoms with Gasteiger partial charge in [-0.25, -0.2) is 0 Å². The minimum atomic E-state index is -0.110. The second-order valence-electron chi connectivity index (χ2n) is 12.8. The van der Waals surface area contributed by atoms with E-state index in [1.54, 1.807) is 5.57 Å². The van der Waals surface area contributed by atoms with Crippen molar-refractivity contribution in [1.82, 2.24) is 0 Å². The number of hydrogen-bond donors (Lipinski definition) is 0. The molecule has 0 aliphatic heterocycles. The van der Waals surface area contributed by atoms with Crippen molar-refractivity contribution in [3.05, 3.63) is 11.6 Å². The van der Waals surface area contributed by atoms with Gasteiger partial charge in [0.2, 0.25) is 0 Å². The normalized spacial score (nSPS) is 42.0. The first-order chi connectivity index (χ1) is 15.2. The van der Waals surface area contributed by atoms with E-state index in [0.717, 1.165) is 48.3 Å². The maximum absolute atomic E-state index is 11.8. The van der Waals surface area contributed by atoms with E-state index in [1.807, 2.05) is 0 Å². The summed E-state index contributed by atoms with van der Waals surface area (Å²) in [5.74, 6) is 5.16. The highest BCUT2D eigenvalue weighted by atomic mass is 79.9. The van der Waals surface area contributed by atoms with E-state index >= 15 is 0 Å². The van der Waals surface area contributed by atoms with Crippen LogP contribution < -0.4 is 0 Å². The van der Waals surface area contributed by atoms with Crippen molar-refractivity contribution >= 4 is 21.9 Å². The summed E-state index contributed by atoms with van der Waals surface area (Å²) in [6.45, 7) is 12.5. The minimum absolute atomic E-state index is 0.0901. The van der Waals surface area contributed by atoms with E-state index in [1.165, 1.54) is 57.8 Å². The number of fused-ring (bicyclic) bond motifs is 5. The molecule has 3 fully saturated rings. The molecule has 4 aliphatic rings. The van der Waals surface area contributed by atoms with Crippen molar-refractivity contribution in [2.45, 2.75) is 111 Å². The molecule has 182 valence electrons. The summed E-state index contributed by atoms with van der Waals surface area (Å²) in [6.07, 6.45) is 17.1. The molecule has 2 unspecified atom stereocenters. The van der Waals surface area contributed by atoms with Crippen LogP contribution in [0.3, 0.4) is 0 Å². The molecule has 0 saturated heterocycles. The monoisotopic (exact) mass is 506 g/mol. The minimum Gasteiger partial charge on any atom is -0.461 e. The molecule has 0 spiro atoms. The molecule has 8 atom stereocenters. The van der Waals surface area contributed by atoms with Crippen LogP contribution >= 0.6 is 15.9 Å².